The van der Waals surface area contributed by atoms with Gasteiger partial charge in [-0.3, -0.25) is 9.69 Å². The maximum absolute atomic E-state index is 13.0. The SMILES string of the molecule is Cc1nnc(C(C)C)n1C1CC2CCC(C1)N2CC[C@H](NC(=O)C1CCCC1)c1ccc(Cl)s1. The second-order valence-electron chi connectivity index (χ2n) is 10.9. The first-order valence-electron chi connectivity index (χ1n) is 13.1. The van der Waals surface area contributed by atoms with E-state index in [1.807, 2.05) is 6.07 Å². The fraction of sp³-hybridized carbons (Fsp3) is 0.731. The van der Waals surface area contributed by atoms with Gasteiger partial charge in [-0.05, 0) is 64.0 Å². The van der Waals surface area contributed by atoms with Gasteiger partial charge in [-0.15, -0.1) is 21.5 Å². The number of aryl methyl sites for hydroxylation is 1. The van der Waals surface area contributed by atoms with E-state index in [-0.39, 0.29) is 17.9 Å². The van der Waals surface area contributed by atoms with E-state index >= 15 is 0 Å². The number of piperidine rings is 1. The van der Waals surface area contributed by atoms with Crippen molar-refractivity contribution in [3.63, 3.8) is 0 Å². The Hall–Kier alpha value is -1.44. The molecule has 2 bridgehead atoms. The van der Waals surface area contributed by atoms with Crippen LogP contribution in [0.3, 0.4) is 0 Å². The quantitative estimate of drug-likeness (QED) is 0.477. The zero-order valence-corrected chi connectivity index (χ0v) is 22.2. The average molecular weight is 504 g/mol. The number of hydrogen-bond donors (Lipinski definition) is 1. The van der Waals surface area contributed by atoms with E-state index in [9.17, 15) is 4.79 Å². The molecule has 0 spiro atoms. The van der Waals surface area contributed by atoms with Gasteiger partial charge in [0, 0.05) is 41.4 Å². The summed E-state index contributed by atoms with van der Waals surface area (Å²) in [5.74, 6) is 2.98. The highest BCUT2D eigenvalue weighted by Crippen LogP contribution is 2.42. The third-order valence-electron chi connectivity index (χ3n) is 8.29. The molecule has 2 aliphatic heterocycles. The van der Waals surface area contributed by atoms with Crippen LogP contribution >= 0.6 is 22.9 Å². The van der Waals surface area contributed by atoms with E-state index in [4.69, 9.17) is 11.6 Å². The second-order valence-corrected chi connectivity index (χ2v) is 12.6. The molecule has 4 heterocycles. The summed E-state index contributed by atoms with van der Waals surface area (Å²) in [7, 11) is 0. The molecular formula is C26H38ClN5OS. The molecule has 2 saturated heterocycles. The Bertz CT molecular complexity index is 983. The lowest BCUT2D eigenvalue weighted by molar-refractivity contribution is -0.125. The van der Waals surface area contributed by atoms with E-state index in [1.165, 1.54) is 43.4 Å². The van der Waals surface area contributed by atoms with E-state index in [0.29, 0.717) is 24.0 Å². The van der Waals surface area contributed by atoms with Crippen LogP contribution in [0.2, 0.25) is 4.34 Å². The maximum Gasteiger partial charge on any atom is 0.223 e. The van der Waals surface area contributed by atoms with Crippen molar-refractivity contribution < 1.29 is 4.79 Å². The number of rotatable bonds is 8. The molecule has 1 saturated carbocycles. The van der Waals surface area contributed by atoms with Crippen LogP contribution in [0.15, 0.2) is 12.1 Å². The zero-order valence-electron chi connectivity index (χ0n) is 20.7. The molecule has 3 atom stereocenters. The fourth-order valence-corrected chi connectivity index (χ4v) is 7.76. The third-order valence-corrected chi connectivity index (χ3v) is 9.63. The van der Waals surface area contributed by atoms with Crippen LogP contribution in [0.25, 0.3) is 0 Å². The molecule has 2 aromatic heterocycles. The van der Waals surface area contributed by atoms with Gasteiger partial charge in [0.1, 0.15) is 11.6 Å². The van der Waals surface area contributed by atoms with Crippen LogP contribution in [0.1, 0.15) is 106 Å². The molecule has 1 amide bonds. The zero-order chi connectivity index (χ0) is 23.8. The predicted molar refractivity (Wildman–Crippen MR) is 137 cm³/mol. The van der Waals surface area contributed by atoms with Gasteiger partial charge in [-0.1, -0.05) is 38.3 Å². The van der Waals surface area contributed by atoms with E-state index in [1.54, 1.807) is 11.3 Å². The standard InChI is InChI=1S/C26H38ClN5OS/c1-16(2)25-30-29-17(3)32(25)21-14-19-8-9-20(15-21)31(19)13-12-22(23-10-11-24(27)34-23)28-26(33)18-6-4-5-7-18/h10-11,16,18-22H,4-9,12-15H2,1-3H3,(H,28,33)/t19?,20?,21?,22-/m0/s1. The minimum absolute atomic E-state index is 0.0513. The monoisotopic (exact) mass is 503 g/mol. The van der Waals surface area contributed by atoms with Crippen LogP contribution in [0.4, 0.5) is 0 Å². The molecule has 0 aromatic carbocycles. The molecule has 5 rings (SSSR count). The summed E-state index contributed by atoms with van der Waals surface area (Å²) in [6.45, 7) is 7.53. The van der Waals surface area contributed by atoms with Gasteiger partial charge in [0.05, 0.1) is 10.4 Å². The Labute approximate surface area is 212 Å². The number of hydrogen-bond acceptors (Lipinski definition) is 5. The molecule has 3 aliphatic rings. The van der Waals surface area contributed by atoms with Crippen molar-refractivity contribution in [2.24, 2.45) is 5.92 Å². The van der Waals surface area contributed by atoms with Crippen molar-refractivity contribution in [2.75, 3.05) is 6.54 Å². The summed E-state index contributed by atoms with van der Waals surface area (Å²) in [6, 6.07) is 5.80. The van der Waals surface area contributed by atoms with Gasteiger partial charge in [-0.25, -0.2) is 0 Å². The summed E-state index contributed by atoms with van der Waals surface area (Å²) in [6.07, 6.45) is 10.2. The number of amides is 1. The smallest absolute Gasteiger partial charge is 0.223 e. The fourth-order valence-electron chi connectivity index (χ4n) is 6.61. The topological polar surface area (TPSA) is 63.1 Å². The minimum atomic E-state index is 0.0513. The van der Waals surface area contributed by atoms with Gasteiger partial charge in [0.25, 0.3) is 0 Å². The van der Waals surface area contributed by atoms with Crippen molar-refractivity contribution in [1.82, 2.24) is 25.0 Å². The van der Waals surface area contributed by atoms with Crippen molar-refractivity contribution >= 4 is 28.8 Å². The lowest BCUT2D eigenvalue weighted by atomic mass is 9.95. The van der Waals surface area contributed by atoms with Gasteiger partial charge in [0.2, 0.25) is 5.91 Å². The first-order chi connectivity index (χ1) is 16.4. The predicted octanol–water partition coefficient (Wildman–Crippen LogP) is 6.03. The molecular weight excluding hydrogens is 466 g/mol. The normalized spacial score (nSPS) is 26.4. The summed E-state index contributed by atoms with van der Waals surface area (Å²) in [5, 5.41) is 12.3. The largest absolute Gasteiger partial charge is 0.348 e. The summed E-state index contributed by atoms with van der Waals surface area (Å²) in [5.41, 5.74) is 0. The molecule has 8 heteroatoms. The van der Waals surface area contributed by atoms with Gasteiger partial charge >= 0.3 is 0 Å². The lowest BCUT2D eigenvalue weighted by Crippen LogP contribution is -2.45. The van der Waals surface area contributed by atoms with Crippen LogP contribution in [-0.2, 0) is 4.79 Å². The Morgan fingerprint density at radius 2 is 1.82 bits per heavy atom. The highest BCUT2D eigenvalue weighted by Gasteiger charge is 2.42. The number of nitrogens with zero attached hydrogens (tertiary/aromatic N) is 4. The maximum atomic E-state index is 13.0. The molecule has 1 aliphatic carbocycles. The van der Waals surface area contributed by atoms with Crippen LogP contribution in [-0.4, -0.2) is 44.2 Å². The third kappa shape index (κ3) is 4.93. The van der Waals surface area contributed by atoms with Crippen molar-refractivity contribution in [3.05, 3.63) is 33.0 Å². The summed E-state index contributed by atoms with van der Waals surface area (Å²) < 4.78 is 3.22. The Morgan fingerprint density at radius 1 is 1.12 bits per heavy atom. The number of carbonyl (C=O) groups is 1. The summed E-state index contributed by atoms with van der Waals surface area (Å²) >= 11 is 7.87. The van der Waals surface area contributed by atoms with Gasteiger partial charge < -0.3 is 9.88 Å². The number of carbonyl (C=O) groups excluding carboxylic acids is 1. The van der Waals surface area contributed by atoms with Crippen LogP contribution in [0, 0.1) is 12.8 Å². The van der Waals surface area contributed by atoms with Gasteiger partial charge in [0.15, 0.2) is 0 Å². The first-order valence-corrected chi connectivity index (χ1v) is 14.3. The number of aromatic nitrogens is 3. The number of halogens is 1. The molecule has 34 heavy (non-hydrogen) atoms. The minimum Gasteiger partial charge on any atom is -0.348 e. The van der Waals surface area contributed by atoms with Gasteiger partial charge in [-0.2, -0.15) is 0 Å². The first kappa shape index (κ1) is 24.3. The second kappa shape index (κ2) is 10.3. The summed E-state index contributed by atoms with van der Waals surface area (Å²) in [4.78, 5) is 16.9. The highest BCUT2D eigenvalue weighted by atomic mass is 35.5. The number of nitrogens with one attached hydrogen (secondary N) is 1. The van der Waals surface area contributed by atoms with Crippen LogP contribution < -0.4 is 5.32 Å². The van der Waals surface area contributed by atoms with Crippen LogP contribution in [0.5, 0.6) is 0 Å². The highest BCUT2D eigenvalue weighted by molar-refractivity contribution is 7.16. The van der Waals surface area contributed by atoms with E-state index in [2.05, 4.69) is 51.8 Å². The lowest BCUT2D eigenvalue weighted by Gasteiger charge is -2.40. The van der Waals surface area contributed by atoms with Crippen molar-refractivity contribution in [3.8, 4) is 0 Å². The van der Waals surface area contributed by atoms with E-state index < -0.39 is 0 Å². The Morgan fingerprint density at radius 3 is 2.44 bits per heavy atom. The number of thiophene rings is 1. The molecule has 2 aromatic rings. The molecule has 1 N–H and O–H groups in total. The molecule has 0 radical (unpaired) electrons. The van der Waals surface area contributed by atoms with Crippen molar-refractivity contribution in [1.29, 1.82) is 0 Å². The Kier molecular flexibility index (Phi) is 7.33. The average Bonchev–Trinajstić information content (AvgIpc) is 3.59. The molecule has 186 valence electrons. The molecule has 3 fully saturated rings. The van der Waals surface area contributed by atoms with Crippen molar-refractivity contribution in [2.45, 2.75) is 109 Å². The number of fused-ring (bicyclic) bond motifs is 2. The molecule has 6 nitrogen and oxygen atoms in total. The molecule has 2 unspecified atom stereocenters. The van der Waals surface area contributed by atoms with E-state index in [0.717, 1.165) is 41.8 Å². The Balaban J connectivity index is 1.26.